The Labute approximate surface area is 126 Å². The molecule has 20 heavy (non-hydrogen) atoms. The lowest BCUT2D eigenvalue weighted by atomic mass is 9.79. The second-order valence-corrected chi connectivity index (χ2v) is 6.58. The van der Waals surface area contributed by atoms with E-state index in [1.807, 2.05) is 0 Å². The predicted molar refractivity (Wildman–Crippen MR) is 66.3 cm³/mol. The van der Waals surface area contributed by atoms with Crippen molar-refractivity contribution in [1.29, 1.82) is 0 Å². The SMILES string of the molecule is C[CH2][Al][O]B([O][Al][CH2]C)c1c(F)c(F)c(F)c(F)c1F. The molecule has 0 aliphatic carbocycles. The summed E-state index contributed by atoms with van der Waals surface area (Å²) in [5, 5.41) is 1.19. The summed E-state index contributed by atoms with van der Waals surface area (Å²) >= 11 is -1.32. The van der Waals surface area contributed by atoms with Gasteiger partial charge in [-0.15, -0.1) is 0 Å². The third-order valence-electron chi connectivity index (χ3n) is 2.25. The monoisotopic (exact) mass is 322 g/mol. The third-order valence-corrected chi connectivity index (χ3v) is 3.80. The molecule has 0 aliphatic rings. The Balaban J connectivity index is 3.24. The molecular weight excluding hydrogens is 312 g/mol. The van der Waals surface area contributed by atoms with Crippen LogP contribution in [0.25, 0.3) is 0 Å². The molecule has 0 amide bonds. The lowest BCUT2D eigenvalue weighted by Crippen LogP contribution is -2.44. The molecule has 0 bridgehead atoms. The topological polar surface area (TPSA) is 18.5 Å². The smallest absolute Gasteiger partial charge is 0.439 e. The summed E-state index contributed by atoms with van der Waals surface area (Å²) in [6.07, 6.45) is 0. The molecule has 2 nitrogen and oxygen atoms in total. The van der Waals surface area contributed by atoms with Gasteiger partial charge in [0.05, 0.1) is 5.46 Å². The fourth-order valence-electron chi connectivity index (χ4n) is 1.36. The van der Waals surface area contributed by atoms with Gasteiger partial charge in [0.25, 0.3) is 0 Å². The molecule has 0 saturated carbocycles. The summed E-state index contributed by atoms with van der Waals surface area (Å²) in [5.41, 5.74) is -1.05. The van der Waals surface area contributed by atoms with E-state index in [9.17, 15) is 22.0 Å². The van der Waals surface area contributed by atoms with Crippen molar-refractivity contribution >= 4 is 43.7 Å². The van der Waals surface area contributed by atoms with E-state index < -0.39 is 72.8 Å². The van der Waals surface area contributed by atoms with E-state index >= 15 is 0 Å². The number of rotatable bonds is 7. The third kappa shape index (κ3) is 3.98. The normalized spacial score (nSPS) is 10.6. The number of hydrogen-bond acceptors (Lipinski definition) is 2. The van der Waals surface area contributed by atoms with Crippen molar-refractivity contribution in [3.8, 4) is 0 Å². The average molecular weight is 322 g/mol. The van der Waals surface area contributed by atoms with Crippen LogP contribution in [-0.2, 0) is 7.41 Å². The Morgan fingerprint density at radius 3 is 1.45 bits per heavy atom. The van der Waals surface area contributed by atoms with E-state index in [1.165, 1.54) is 0 Å². The zero-order chi connectivity index (χ0) is 15.3. The molecule has 0 N–H and O–H groups in total. The number of benzene rings is 1. The van der Waals surface area contributed by atoms with Crippen LogP contribution in [0.1, 0.15) is 13.8 Å². The minimum absolute atomic E-state index is 0.594. The van der Waals surface area contributed by atoms with Crippen LogP contribution in [0, 0.1) is 29.1 Å². The molecule has 0 heterocycles. The Hall–Kier alpha value is -0.0801. The predicted octanol–water partition coefficient (Wildman–Crippen LogP) is 2.23. The Morgan fingerprint density at radius 1 is 0.750 bits per heavy atom. The Morgan fingerprint density at radius 2 is 1.10 bits per heavy atom. The van der Waals surface area contributed by atoms with E-state index in [0.29, 0.717) is 10.6 Å². The fourth-order valence-corrected chi connectivity index (χ4v) is 2.63. The quantitative estimate of drug-likeness (QED) is 0.332. The maximum atomic E-state index is 13.6. The maximum Gasteiger partial charge on any atom is 0.439 e. The van der Waals surface area contributed by atoms with Gasteiger partial charge in [-0.25, -0.2) is 22.0 Å². The van der Waals surface area contributed by atoms with Crippen LogP contribution in [0.2, 0.25) is 10.6 Å². The van der Waals surface area contributed by atoms with E-state index in [2.05, 4.69) is 0 Å². The highest BCUT2D eigenvalue weighted by Crippen LogP contribution is 2.17. The molecule has 106 valence electrons. The van der Waals surface area contributed by atoms with Gasteiger partial charge in [0.2, 0.25) is 0 Å². The van der Waals surface area contributed by atoms with Crippen LogP contribution in [-0.4, -0.2) is 38.2 Å². The molecule has 2 radical (unpaired) electrons. The average Bonchev–Trinajstić information content (AvgIpc) is 2.45. The van der Waals surface area contributed by atoms with Crippen LogP contribution < -0.4 is 5.46 Å². The van der Waals surface area contributed by atoms with E-state index in [1.54, 1.807) is 13.8 Å². The lowest BCUT2D eigenvalue weighted by molar-refractivity contribution is 0.378. The van der Waals surface area contributed by atoms with Crippen molar-refractivity contribution in [2.75, 3.05) is 0 Å². The largest absolute Gasteiger partial charge is 0.547 e. The second kappa shape index (κ2) is 8.38. The first-order valence-electron chi connectivity index (χ1n) is 5.91. The molecule has 0 fully saturated rings. The van der Waals surface area contributed by atoms with Gasteiger partial charge < -0.3 is 7.41 Å². The van der Waals surface area contributed by atoms with Crippen LogP contribution in [0.15, 0.2) is 0 Å². The second-order valence-electron chi connectivity index (χ2n) is 3.74. The maximum absolute atomic E-state index is 13.6. The highest BCUT2D eigenvalue weighted by Gasteiger charge is 2.34. The first-order chi connectivity index (χ1) is 9.45. The first-order valence-corrected chi connectivity index (χ1v) is 8.48. The van der Waals surface area contributed by atoms with Gasteiger partial charge in [0.15, 0.2) is 29.1 Å². The zero-order valence-corrected chi connectivity index (χ0v) is 13.2. The molecule has 1 aromatic carbocycles. The molecule has 1 aromatic rings. The standard InChI is InChI=1S/C6BF5O2.2C2H5.2Al/c8-2-1(7(13)14)3(9)5(11)6(12)4(2)10;2*1-2;;/h;2*1H2,2H3;;/q-2;;;2*+1. The van der Waals surface area contributed by atoms with Crippen LogP contribution in [0.4, 0.5) is 22.0 Å². The summed E-state index contributed by atoms with van der Waals surface area (Å²) in [5.74, 6) is -9.98. The molecule has 0 spiro atoms. The van der Waals surface area contributed by atoms with Crippen LogP contribution >= 0.6 is 0 Å². The van der Waals surface area contributed by atoms with E-state index in [-0.39, 0.29) is 0 Å². The molecular formula is C10H10Al2BF5O2. The fraction of sp³-hybridized carbons (Fsp3) is 0.400. The van der Waals surface area contributed by atoms with Gasteiger partial charge >= 0.3 is 38.2 Å². The van der Waals surface area contributed by atoms with E-state index in [4.69, 9.17) is 7.41 Å². The van der Waals surface area contributed by atoms with Gasteiger partial charge in [0.1, 0.15) is 0 Å². The number of hydrogen-bond donors (Lipinski definition) is 0. The minimum atomic E-state index is -2.19. The summed E-state index contributed by atoms with van der Waals surface area (Å²) in [6.45, 7) is 3.55. The van der Waals surface area contributed by atoms with Crippen molar-refractivity contribution in [3.05, 3.63) is 29.1 Å². The Bertz CT molecular complexity index is 440. The van der Waals surface area contributed by atoms with Gasteiger partial charge in [-0.1, -0.05) is 24.4 Å². The summed E-state index contributed by atoms with van der Waals surface area (Å²) < 4.78 is 76.8. The van der Waals surface area contributed by atoms with Crippen molar-refractivity contribution in [3.63, 3.8) is 0 Å². The van der Waals surface area contributed by atoms with Crippen molar-refractivity contribution in [1.82, 2.24) is 0 Å². The minimum Gasteiger partial charge on any atom is -0.547 e. The molecule has 0 unspecified atom stereocenters. The van der Waals surface area contributed by atoms with Gasteiger partial charge in [-0.3, -0.25) is 0 Å². The van der Waals surface area contributed by atoms with Gasteiger partial charge in [0, 0.05) is 0 Å². The molecule has 0 aliphatic heterocycles. The highest BCUT2D eigenvalue weighted by molar-refractivity contribution is 6.70. The van der Waals surface area contributed by atoms with Gasteiger partial charge in [-0.2, -0.15) is 0 Å². The molecule has 0 atom stereocenters. The summed E-state index contributed by atoms with van der Waals surface area (Å²) in [6, 6.07) is 0. The highest BCUT2D eigenvalue weighted by atomic mass is 27.1. The van der Waals surface area contributed by atoms with Crippen molar-refractivity contribution in [2.45, 2.75) is 24.4 Å². The zero-order valence-electron chi connectivity index (χ0n) is 10.9. The van der Waals surface area contributed by atoms with E-state index in [0.717, 1.165) is 0 Å². The molecule has 0 aromatic heterocycles. The molecule has 0 saturated heterocycles. The Kier molecular flexibility index (Phi) is 7.53. The van der Waals surface area contributed by atoms with Crippen LogP contribution in [0.5, 0.6) is 0 Å². The van der Waals surface area contributed by atoms with Crippen molar-refractivity contribution < 1.29 is 29.4 Å². The first kappa shape index (κ1) is 18.0. The summed E-state index contributed by atoms with van der Waals surface area (Å²) in [7, 11) is -1.55. The molecule has 10 heteroatoms. The summed E-state index contributed by atoms with van der Waals surface area (Å²) in [4.78, 5) is 0. The van der Waals surface area contributed by atoms with Gasteiger partial charge in [-0.05, 0) is 0 Å². The number of halogens is 5. The lowest BCUT2D eigenvalue weighted by Gasteiger charge is -2.18. The van der Waals surface area contributed by atoms with Crippen molar-refractivity contribution in [2.24, 2.45) is 0 Å². The van der Waals surface area contributed by atoms with Crippen LogP contribution in [0.3, 0.4) is 0 Å². The molecule has 1 rings (SSSR count).